The van der Waals surface area contributed by atoms with E-state index in [4.69, 9.17) is 9.47 Å². The van der Waals surface area contributed by atoms with Gasteiger partial charge in [-0.25, -0.2) is 8.42 Å². The Kier molecular flexibility index (Phi) is 6.19. The average Bonchev–Trinajstić information content (AvgIpc) is 2.71. The van der Waals surface area contributed by atoms with Crippen LogP contribution in [0.25, 0.3) is 0 Å². The fourth-order valence-electron chi connectivity index (χ4n) is 2.86. The lowest BCUT2D eigenvalue weighted by Crippen LogP contribution is -2.28. The van der Waals surface area contributed by atoms with E-state index < -0.39 is 9.84 Å². The van der Waals surface area contributed by atoms with Gasteiger partial charge in [-0.15, -0.1) is 0 Å². The van der Waals surface area contributed by atoms with Crippen LogP contribution in [0.2, 0.25) is 0 Å². The second-order valence-electron chi connectivity index (χ2n) is 6.62. The topological polar surface area (TPSA) is 111 Å². The Morgan fingerprint density at radius 2 is 1.97 bits per heavy atom. The summed E-state index contributed by atoms with van der Waals surface area (Å²) in [6.07, 6.45) is 0. The number of benzene rings is 2. The van der Waals surface area contributed by atoms with Gasteiger partial charge in [-0.2, -0.15) is 0 Å². The fourth-order valence-corrected chi connectivity index (χ4v) is 4.03. The molecule has 1 atom stereocenters. The molecule has 1 unspecified atom stereocenters. The lowest BCUT2D eigenvalue weighted by atomic mass is 10.1. The highest BCUT2D eigenvalue weighted by molar-refractivity contribution is 7.91. The molecule has 8 nitrogen and oxygen atoms in total. The van der Waals surface area contributed by atoms with Crippen LogP contribution in [0.15, 0.2) is 47.4 Å². The van der Waals surface area contributed by atoms with Crippen LogP contribution in [0.5, 0.6) is 5.75 Å². The van der Waals surface area contributed by atoms with Crippen molar-refractivity contribution in [2.45, 2.75) is 17.9 Å². The number of amides is 2. The lowest BCUT2D eigenvalue weighted by Gasteiger charge is -2.21. The SMILES string of the molecule is COCCS(=O)(=O)c1ccc(C(=O)NC(C)c2ccc3c(c2)NC(=O)CO3)cc1. The van der Waals surface area contributed by atoms with Gasteiger partial charge in [0.2, 0.25) is 0 Å². The number of hydrogen-bond acceptors (Lipinski definition) is 6. The van der Waals surface area contributed by atoms with E-state index in [-0.39, 0.29) is 41.7 Å². The van der Waals surface area contributed by atoms with Crippen molar-refractivity contribution < 1.29 is 27.5 Å². The summed E-state index contributed by atoms with van der Waals surface area (Å²) in [5, 5.41) is 5.59. The summed E-state index contributed by atoms with van der Waals surface area (Å²) in [7, 11) is -2.01. The Bertz CT molecular complexity index is 1020. The van der Waals surface area contributed by atoms with Crippen LogP contribution in [0.1, 0.15) is 28.9 Å². The van der Waals surface area contributed by atoms with Crippen molar-refractivity contribution in [1.82, 2.24) is 5.32 Å². The standard InChI is InChI=1S/C20H22N2O6S/c1-13(15-5-8-18-17(11-15)22-19(23)12-28-18)21-20(24)14-3-6-16(7-4-14)29(25,26)10-9-27-2/h3-8,11,13H,9-10,12H2,1-2H3,(H,21,24)(H,22,23). The molecule has 9 heteroatoms. The summed E-state index contributed by atoms with van der Waals surface area (Å²) in [6, 6.07) is 10.7. The van der Waals surface area contributed by atoms with Gasteiger partial charge >= 0.3 is 0 Å². The highest BCUT2D eigenvalue weighted by Crippen LogP contribution is 2.30. The summed E-state index contributed by atoms with van der Waals surface area (Å²) >= 11 is 0. The molecule has 2 N–H and O–H groups in total. The molecule has 2 aromatic rings. The Morgan fingerprint density at radius 3 is 2.66 bits per heavy atom. The van der Waals surface area contributed by atoms with Gasteiger partial charge in [0, 0.05) is 12.7 Å². The van der Waals surface area contributed by atoms with E-state index >= 15 is 0 Å². The molecule has 1 aliphatic heterocycles. The van der Waals surface area contributed by atoms with E-state index in [1.54, 1.807) is 12.1 Å². The second-order valence-corrected chi connectivity index (χ2v) is 8.73. The molecule has 3 rings (SSSR count). The van der Waals surface area contributed by atoms with E-state index in [0.29, 0.717) is 17.0 Å². The van der Waals surface area contributed by atoms with E-state index in [1.807, 2.05) is 13.0 Å². The number of rotatable bonds is 7. The van der Waals surface area contributed by atoms with Gasteiger partial charge in [-0.1, -0.05) is 6.07 Å². The number of carbonyl (C=O) groups is 2. The summed E-state index contributed by atoms with van der Waals surface area (Å²) in [5.74, 6) is -0.106. The first-order valence-corrected chi connectivity index (χ1v) is 10.6. The monoisotopic (exact) mass is 418 g/mol. The molecular weight excluding hydrogens is 396 g/mol. The van der Waals surface area contributed by atoms with Crippen molar-refractivity contribution in [3.05, 3.63) is 53.6 Å². The molecular formula is C20H22N2O6S. The zero-order valence-electron chi connectivity index (χ0n) is 16.1. The van der Waals surface area contributed by atoms with Gasteiger partial charge in [-0.05, 0) is 48.9 Å². The maximum absolute atomic E-state index is 12.5. The van der Waals surface area contributed by atoms with Crippen molar-refractivity contribution in [1.29, 1.82) is 0 Å². The molecule has 0 aliphatic carbocycles. The first-order valence-electron chi connectivity index (χ1n) is 8.99. The minimum absolute atomic E-state index is 0.0180. The van der Waals surface area contributed by atoms with Crippen LogP contribution in [-0.4, -0.2) is 46.3 Å². The average molecular weight is 418 g/mol. The highest BCUT2D eigenvalue weighted by atomic mass is 32.2. The number of nitrogens with one attached hydrogen (secondary N) is 2. The van der Waals surface area contributed by atoms with Gasteiger partial charge < -0.3 is 20.1 Å². The Hall–Kier alpha value is -2.91. The predicted octanol–water partition coefficient (Wildman–Crippen LogP) is 1.93. The number of carbonyl (C=O) groups excluding carboxylic acids is 2. The third-order valence-electron chi connectivity index (χ3n) is 4.52. The number of sulfone groups is 1. The van der Waals surface area contributed by atoms with E-state index in [0.717, 1.165) is 5.56 Å². The molecule has 0 saturated carbocycles. The predicted molar refractivity (Wildman–Crippen MR) is 107 cm³/mol. The van der Waals surface area contributed by atoms with Crippen LogP contribution in [-0.2, 0) is 19.4 Å². The zero-order chi connectivity index (χ0) is 21.0. The third kappa shape index (κ3) is 4.93. The summed E-state index contributed by atoms with van der Waals surface area (Å²) in [4.78, 5) is 24.1. The smallest absolute Gasteiger partial charge is 0.262 e. The minimum atomic E-state index is -3.45. The molecule has 2 amide bonds. The largest absolute Gasteiger partial charge is 0.482 e. The normalized spacial score (nSPS) is 14.3. The van der Waals surface area contributed by atoms with Crippen molar-refractivity contribution in [3.63, 3.8) is 0 Å². The summed E-state index contributed by atoms with van der Waals surface area (Å²) in [6.45, 7) is 1.90. The number of fused-ring (bicyclic) bond motifs is 1. The molecule has 0 fully saturated rings. The molecule has 2 aromatic carbocycles. The number of methoxy groups -OCH3 is 1. The zero-order valence-corrected chi connectivity index (χ0v) is 16.9. The van der Waals surface area contributed by atoms with Crippen LogP contribution >= 0.6 is 0 Å². The Morgan fingerprint density at radius 1 is 1.24 bits per heavy atom. The van der Waals surface area contributed by atoms with Crippen LogP contribution in [0.3, 0.4) is 0 Å². The van der Waals surface area contributed by atoms with Crippen molar-refractivity contribution in [2.24, 2.45) is 0 Å². The van der Waals surface area contributed by atoms with E-state index in [9.17, 15) is 18.0 Å². The molecule has 29 heavy (non-hydrogen) atoms. The Labute approximate surface area is 169 Å². The summed E-state index contributed by atoms with van der Waals surface area (Å²) in [5.41, 5.74) is 1.70. The van der Waals surface area contributed by atoms with Gasteiger partial charge in [0.25, 0.3) is 11.8 Å². The molecule has 0 saturated heterocycles. The molecule has 0 bridgehead atoms. The third-order valence-corrected chi connectivity index (χ3v) is 6.21. The van der Waals surface area contributed by atoms with Crippen LogP contribution in [0.4, 0.5) is 5.69 Å². The molecule has 0 spiro atoms. The van der Waals surface area contributed by atoms with Gasteiger partial charge in [-0.3, -0.25) is 9.59 Å². The van der Waals surface area contributed by atoms with E-state index in [2.05, 4.69) is 10.6 Å². The second kappa shape index (κ2) is 8.62. The quantitative estimate of drug-likeness (QED) is 0.711. The van der Waals surface area contributed by atoms with Crippen LogP contribution in [0, 0.1) is 0 Å². The lowest BCUT2D eigenvalue weighted by molar-refractivity contribution is -0.118. The number of hydrogen-bond donors (Lipinski definition) is 2. The van der Waals surface area contributed by atoms with E-state index in [1.165, 1.54) is 31.4 Å². The molecule has 0 radical (unpaired) electrons. The van der Waals surface area contributed by atoms with Gasteiger partial charge in [0.05, 0.1) is 29.0 Å². The van der Waals surface area contributed by atoms with Gasteiger partial charge in [0.1, 0.15) is 5.75 Å². The first-order chi connectivity index (χ1) is 13.8. The van der Waals surface area contributed by atoms with Gasteiger partial charge in [0.15, 0.2) is 16.4 Å². The maximum atomic E-state index is 12.5. The number of anilines is 1. The molecule has 1 heterocycles. The van der Waals surface area contributed by atoms with Crippen LogP contribution < -0.4 is 15.4 Å². The molecule has 1 aliphatic rings. The summed E-state index contributed by atoms with van der Waals surface area (Å²) < 4.78 is 34.5. The molecule has 0 aromatic heterocycles. The fraction of sp³-hybridized carbons (Fsp3) is 0.300. The number of ether oxygens (including phenoxy) is 2. The van der Waals surface area contributed by atoms with Crippen molar-refractivity contribution in [3.8, 4) is 5.75 Å². The maximum Gasteiger partial charge on any atom is 0.262 e. The first kappa shape index (κ1) is 20.8. The highest BCUT2D eigenvalue weighted by Gasteiger charge is 2.19. The minimum Gasteiger partial charge on any atom is -0.482 e. The molecule has 154 valence electrons. The van der Waals surface area contributed by atoms with Crippen molar-refractivity contribution >= 4 is 27.3 Å². The Balaban J connectivity index is 1.68. The van der Waals surface area contributed by atoms with Crippen molar-refractivity contribution in [2.75, 3.05) is 31.4 Å².